The molecular weight excluding hydrogens is 212 g/mol. The average molecular weight is 230 g/mol. The fourth-order valence-electron chi connectivity index (χ4n) is 1.80. The molecule has 0 aromatic rings. The third-order valence-corrected chi connectivity index (χ3v) is 3.51. The first-order chi connectivity index (χ1) is 7.24. The first-order valence-corrected chi connectivity index (χ1v) is 6.65. The fourth-order valence-corrected chi connectivity index (χ4v) is 2.59. The molecule has 1 aliphatic carbocycles. The summed E-state index contributed by atoms with van der Waals surface area (Å²) in [4.78, 5) is 22.6. The molecule has 4 heteroatoms. The summed E-state index contributed by atoms with van der Waals surface area (Å²) in [5.41, 5.74) is 0. The van der Waals surface area contributed by atoms with E-state index in [-0.39, 0.29) is 11.9 Å². The van der Waals surface area contributed by atoms with Gasteiger partial charge in [0.05, 0.1) is 18.1 Å². The van der Waals surface area contributed by atoms with Crippen LogP contribution in [0.3, 0.4) is 0 Å². The van der Waals surface area contributed by atoms with Crippen molar-refractivity contribution in [3.63, 3.8) is 0 Å². The van der Waals surface area contributed by atoms with Crippen LogP contribution in [-0.4, -0.2) is 29.9 Å². The van der Waals surface area contributed by atoms with Crippen LogP contribution in [0, 0.1) is 5.92 Å². The van der Waals surface area contributed by atoms with Gasteiger partial charge in [0.1, 0.15) is 5.78 Å². The van der Waals surface area contributed by atoms with Gasteiger partial charge in [-0.1, -0.05) is 12.8 Å². The number of carbonyl (C=O) groups is 2. The average Bonchev–Trinajstić information content (AvgIpc) is 2.70. The van der Waals surface area contributed by atoms with Crippen LogP contribution in [-0.2, 0) is 14.3 Å². The quantitative estimate of drug-likeness (QED) is 0.655. The number of thioether (sulfide) groups is 1. The second kappa shape index (κ2) is 6.88. The Hall–Kier alpha value is -0.510. The lowest BCUT2D eigenvalue weighted by atomic mass is 10.0. The van der Waals surface area contributed by atoms with E-state index in [0.29, 0.717) is 23.9 Å². The Kier molecular flexibility index (Phi) is 5.76. The van der Waals surface area contributed by atoms with E-state index in [1.165, 1.54) is 24.6 Å². The number of ether oxygens (including phenoxy) is 1. The van der Waals surface area contributed by atoms with Crippen molar-refractivity contribution < 1.29 is 14.3 Å². The molecule has 86 valence electrons. The van der Waals surface area contributed by atoms with Crippen LogP contribution in [0.25, 0.3) is 0 Å². The summed E-state index contributed by atoms with van der Waals surface area (Å²) in [6.45, 7) is 2.20. The van der Waals surface area contributed by atoms with E-state index in [1.807, 2.05) is 0 Å². The Morgan fingerprint density at radius 2 is 1.93 bits per heavy atom. The summed E-state index contributed by atoms with van der Waals surface area (Å²) in [7, 11) is 0. The molecule has 0 aromatic carbocycles. The molecule has 0 saturated heterocycles. The normalized spacial score (nSPS) is 16.6. The number of hydrogen-bond acceptors (Lipinski definition) is 4. The van der Waals surface area contributed by atoms with E-state index in [1.54, 1.807) is 6.92 Å². The first kappa shape index (κ1) is 12.6. The molecule has 0 heterocycles. The van der Waals surface area contributed by atoms with Crippen molar-refractivity contribution in [2.24, 2.45) is 5.92 Å². The maximum absolute atomic E-state index is 11.6. The number of rotatable bonds is 6. The van der Waals surface area contributed by atoms with E-state index in [9.17, 15) is 9.59 Å². The van der Waals surface area contributed by atoms with Crippen molar-refractivity contribution in [2.75, 3.05) is 18.1 Å². The van der Waals surface area contributed by atoms with Crippen molar-refractivity contribution in [3.05, 3.63) is 0 Å². The summed E-state index contributed by atoms with van der Waals surface area (Å²) in [6, 6.07) is 0. The van der Waals surface area contributed by atoms with Crippen molar-refractivity contribution in [1.82, 2.24) is 0 Å². The summed E-state index contributed by atoms with van der Waals surface area (Å²) < 4.78 is 4.78. The monoisotopic (exact) mass is 230 g/mol. The van der Waals surface area contributed by atoms with Crippen LogP contribution in [0.2, 0.25) is 0 Å². The molecular formula is C11H18O3S. The molecule has 0 unspecified atom stereocenters. The van der Waals surface area contributed by atoms with E-state index in [0.717, 1.165) is 12.8 Å². The minimum atomic E-state index is -0.221. The van der Waals surface area contributed by atoms with Gasteiger partial charge in [-0.25, -0.2) is 0 Å². The van der Waals surface area contributed by atoms with E-state index in [2.05, 4.69) is 0 Å². The smallest absolute Gasteiger partial charge is 0.315 e. The van der Waals surface area contributed by atoms with Gasteiger partial charge in [-0.3, -0.25) is 9.59 Å². The minimum Gasteiger partial charge on any atom is -0.465 e. The highest BCUT2D eigenvalue weighted by atomic mass is 32.2. The van der Waals surface area contributed by atoms with Crippen molar-refractivity contribution in [1.29, 1.82) is 0 Å². The largest absolute Gasteiger partial charge is 0.465 e. The number of esters is 1. The van der Waals surface area contributed by atoms with Crippen LogP contribution in [0.1, 0.15) is 32.6 Å². The molecule has 1 aliphatic rings. The molecule has 3 nitrogen and oxygen atoms in total. The third kappa shape index (κ3) is 4.69. The van der Waals surface area contributed by atoms with E-state index in [4.69, 9.17) is 4.74 Å². The van der Waals surface area contributed by atoms with Gasteiger partial charge in [0.25, 0.3) is 0 Å². The topological polar surface area (TPSA) is 43.4 Å². The summed E-state index contributed by atoms with van der Waals surface area (Å²) in [6.07, 6.45) is 4.44. The van der Waals surface area contributed by atoms with Gasteiger partial charge in [-0.2, -0.15) is 0 Å². The predicted molar refractivity (Wildman–Crippen MR) is 60.9 cm³/mol. The molecule has 0 amide bonds. The fraction of sp³-hybridized carbons (Fsp3) is 0.818. The number of hydrogen-bond donors (Lipinski definition) is 0. The number of Topliss-reactive ketones (excluding diaryl/α,β-unsaturated/α-hetero) is 1. The molecule has 1 rings (SSSR count). The summed E-state index contributed by atoms with van der Waals surface area (Å²) in [5, 5.41) is 0. The van der Waals surface area contributed by atoms with Gasteiger partial charge in [0.2, 0.25) is 0 Å². The highest BCUT2D eigenvalue weighted by Gasteiger charge is 2.22. The van der Waals surface area contributed by atoms with E-state index < -0.39 is 0 Å². The molecule has 1 fully saturated rings. The lowest BCUT2D eigenvalue weighted by Gasteiger charge is -2.06. The number of ketones is 1. The van der Waals surface area contributed by atoms with Gasteiger partial charge in [-0.05, 0) is 19.8 Å². The standard InChI is InChI=1S/C11H18O3S/c1-2-14-11(13)8-15-7-10(12)9-5-3-4-6-9/h9H,2-8H2,1H3. The van der Waals surface area contributed by atoms with Gasteiger partial charge >= 0.3 is 5.97 Å². The highest BCUT2D eigenvalue weighted by Crippen LogP contribution is 2.26. The zero-order valence-electron chi connectivity index (χ0n) is 9.16. The second-order valence-electron chi connectivity index (χ2n) is 3.75. The van der Waals surface area contributed by atoms with Gasteiger partial charge in [0.15, 0.2) is 0 Å². The summed E-state index contributed by atoms with van der Waals surface area (Å²) in [5.74, 6) is 1.11. The van der Waals surface area contributed by atoms with Crippen LogP contribution >= 0.6 is 11.8 Å². The van der Waals surface area contributed by atoms with Gasteiger partial charge in [0, 0.05) is 5.92 Å². The molecule has 15 heavy (non-hydrogen) atoms. The lowest BCUT2D eigenvalue weighted by molar-refractivity contribution is -0.139. The molecule has 0 bridgehead atoms. The Balaban J connectivity index is 2.08. The zero-order chi connectivity index (χ0) is 11.1. The Labute approximate surface area is 94.9 Å². The Morgan fingerprint density at radius 1 is 1.27 bits per heavy atom. The van der Waals surface area contributed by atoms with Crippen LogP contribution in [0.4, 0.5) is 0 Å². The second-order valence-corrected chi connectivity index (χ2v) is 4.73. The van der Waals surface area contributed by atoms with Crippen LogP contribution in [0.5, 0.6) is 0 Å². The first-order valence-electron chi connectivity index (χ1n) is 5.50. The molecule has 0 N–H and O–H groups in total. The van der Waals surface area contributed by atoms with Gasteiger partial charge < -0.3 is 4.74 Å². The predicted octanol–water partition coefficient (Wildman–Crippen LogP) is 2.04. The Bertz CT molecular complexity index is 222. The Morgan fingerprint density at radius 3 is 2.53 bits per heavy atom. The molecule has 0 aliphatic heterocycles. The van der Waals surface area contributed by atoms with Crippen LogP contribution in [0.15, 0.2) is 0 Å². The third-order valence-electron chi connectivity index (χ3n) is 2.58. The number of carbonyl (C=O) groups excluding carboxylic acids is 2. The molecule has 0 spiro atoms. The lowest BCUT2D eigenvalue weighted by Crippen LogP contribution is -2.15. The van der Waals surface area contributed by atoms with Crippen molar-refractivity contribution >= 4 is 23.5 Å². The summed E-state index contributed by atoms with van der Waals surface area (Å²) >= 11 is 1.37. The highest BCUT2D eigenvalue weighted by molar-refractivity contribution is 8.00. The van der Waals surface area contributed by atoms with Gasteiger partial charge in [-0.15, -0.1) is 11.8 Å². The molecule has 0 atom stereocenters. The van der Waals surface area contributed by atoms with Crippen molar-refractivity contribution in [2.45, 2.75) is 32.6 Å². The SMILES string of the molecule is CCOC(=O)CSCC(=O)C1CCCC1. The van der Waals surface area contributed by atoms with Crippen molar-refractivity contribution in [3.8, 4) is 0 Å². The van der Waals surface area contributed by atoms with Crippen LogP contribution < -0.4 is 0 Å². The maximum Gasteiger partial charge on any atom is 0.315 e. The molecule has 0 radical (unpaired) electrons. The maximum atomic E-state index is 11.6. The zero-order valence-corrected chi connectivity index (χ0v) is 9.98. The molecule has 1 saturated carbocycles. The minimum absolute atomic E-state index is 0.221. The van der Waals surface area contributed by atoms with E-state index >= 15 is 0 Å². The molecule has 0 aromatic heterocycles.